The molecule has 2 rings (SSSR count). The van der Waals surface area contributed by atoms with Crippen LogP contribution >= 0.6 is 0 Å². The number of benzene rings is 1. The number of aliphatic hydroxyl groups excluding tert-OH is 1. The van der Waals surface area contributed by atoms with Crippen LogP contribution in [0.15, 0.2) is 24.3 Å². The van der Waals surface area contributed by atoms with Gasteiger partial charge in [0.2, 0.25) is 0 Å². The van der Waals surface area contributed by atoms with Crippen molar-refractivity contribution in [3.63, 3.8) is 0 Å². The molecule has 0 aromatic heterocycles. The molecular formula is C14H20O. The van der Waals surface area contributed by atoms with Crippen LogP contribution in [0.4, 0.5) is 0 Å². The maximum Gasteiger partial charge on any atom is 0.0818 e. The smallest absolute Gasteiger partial charge is 0.0818 e. The molecule has 1 aromatic rings. The zero-order chi connectivity index (χ0) is 10.7. The van der Waals surface area contributed by atoms with E-state index in [4.69, 9.17) is 0 Å². The fraction of sp³-hybridized carbons (Fsp3) is 0.571. The molecule has 1 aliphatic rings. The van der Waals surface area contributed by atoms with Gasteiger partial charge in [-0.25, -0.2) is 0 Å². The number of hydrogen-bond donors (Lipinski definition) is 1. The first kappa shape index (κ1) is 10.7. The Hall–Kier alpha value is -0.820. The summed E-state index contributed by atoms with van der Waals surface area (Å²) in [5.74, 6) is 0.534. The molecule has 1 unspecified atom stereocenters. The maximum absolute atomic E-state index is 9.93. The second-order valence-corrected chi connectivity index (χ2v) is 4.63. The van der Waals surface area contributed by atoms with Crippen molar-refractivity contribution in [1.29, 1.82) is 0 Å². The third-order valence-corrected chi connectivity index (χ3v) is 3.21. The van der Waals surface area contributed by atoms with E-state index in [-0.39, 0.29) is 6.10 Å². The molecule has 0 radical (unpaired) electrons. The van der Waals surface area contributed by atoms with Crippen molar-refractivity contribution in [2.45, 2.75) is 45.1 Å². The predicted octanol–water partition coefficient (Wildman–Crippen LogP) is 3.47. The minimum Gasteiger partial charge on any atom is -0.388 e. The number of rotatable bonds is 5. The second kappa shape index (κ2) is 4.80. The molecule has 0 heterocycles. The first-order chi connectivity index (χ1) is 7.31. The Balaban J connectivity index is 1.96. The summed E-state index contributed by atoms with van der Waals surface area (Å²) in [5, 5.41) is 9.93. The van der Waals surface area contributed by atoms with Crippen LogP contribution in [0.25, 0.3) is 0 Å². The molecule has 0 bridgehead atoms. The Morgan fingerprint density at radius 1 is 1.27 bits per heavy atom. The lowest BCUT2D eigenvalue weighted by Crippen LogP contribution is -1.99. The van der Waals surface area contributed by atoms with Crippen molar-refractivity contribution in [1.82, 2.24) is 0 Å². The molecule has 82 valence electrons. The van der Waals surface area contributed by atoms with E-state index in [1.54, 1.807) is 0 Å². The zero-order valence-corrected chi connectivity index (χ0v) is 9.45. The third kappa shape index (κ3) is 2.82. The lowest BCUT2D eigenvalue weighted by molar-refractivity contribution is 0.154. The standard InChI is InChI=1S/C14H20O/c1-2-3-4-11-5-7-12(8-6-11)14(15)13-9-10-13/h5-8,13-15H,2-4,9-10H2,1H3. The van der Waals surface area contributed by atoms with E-state index in [0.717, 1.165) is 12.0 Å². The summed E-state index contributed by atoms with van der Waals surface area (Å²) in [6.45, 7) is 2.21. The van der Waals surface area contributed by atoms with E-state index < -0.39 is 0 Å². The molecule has 1 nitrogen and oxygen atoms in total. The highest BCUT2D eigenvalue weighted by Gasteiger charge is 2.30. The summed E-state index contributed by atoms with van der Waals surface area (Å²) in [5.41, 5.74) is 2.49. The highest BCUT2D eigenvalue weighted by Crippen LogP contribution is 2.40. The van der Waals surface area contributed by atoms with Crippen LogP contribution < -0.4 is 0 Å². The van der Waals surface area contributed by atoms with Crippen LogP contribution in [0.2, 0.25) is 0 Å². The van der Waals surface area contributed by atoms with Gasteiger partial charge in [0.1, 0.15) is 0 Å². The van der Waals surface area contributed by atoms with Gasteiger partial charge >= 0.3 is 0 Å². The van der Waals surface area contributed by atoms with E-state index in [0.29, 0.717) is 5.92 Å². The molecule has 1 saturated carbocycles. The third-order valence-electron chi connectivity index (χ3n) is 3.21. The average Bonchev–Trinajstić information content (AvgIpc) is 3.10. The largest absolute Gasteiger partial charge is 0.388 e. The van der Waals surface area contributed by atoms with Gasteiger partial charge in [0, 0.05) is 0 Å². The van der Waals surface area contributed by atoms with Gasteiger partial charge in [0.25, 0.3) is 0 Å². The fourth-order valence-corrected chi connectivity index (χ4v) is 1.95. The first-order valence-electron chi connectivity index (χ1n) is 6.08. The second-order valence-electron chi connectivity index (χ2n) is 4.63. The fourth-order valence-electron chi connectivity index (χ4n) is 1.95. The highest BCUT2D eigenvalue weighted by molar-refractivity contribution is 5.25. The number of aryl methyl sites for hydroxylation is 1. The molecule has 0 aliphatic heterocycles. The zero-order valence-electron chi connectivity index (χ0n) is 9.45. The van der Waals surface area contributed by atoms with E-state index in [2.05, 4.69) is 31.2 Å². The summed E-state index contributed by atoms with van der Waals surface area (Å²) in [4.78, 5) is 0. The number of hydrogen-bond acceptors (Lipinski definition) is 1. The van der Waals surface area contributed by atoms with Crippen LogP contribution in [-0.4, -0.2) is 5.11 Å². The van der Waals surface area contributed by atoms with Crippen molar-refractivity contribution in [3.05, 3.63) is 35.4 Å². The SMILES string of the molecule is CCCCc1ccc(C(O)C2CC2)cc1. The predicted molar refractivity (Wildman–Crippen MR) is 62.7 cm³/mol. The molecule has 15 heavy (non-hydrogen) atoms. The average molecular weight is 204 g/mol. The van der Waals surface area contributed by atoms with E-state index in [1.807, 2.05) is 0 Å². The summed E-state index contributed by atoms with van der Waals surface area (Å²) in [6.07, 6.45) is 5.83. The molecule has 1 heteroatoms. The van der Waals surface area contributed by atoms with E-state index in [9.17, 15) is 5.11 Å². The van der Waals surface area contributed by atoms with Gasteiger partial charge in [-0.1, -0.05) is 37.6 Å². The molecule has 1 fully saturated rings. The quantitative estimate of drug-likeness (QED) is 0.778. The molecule has 0 saturated heterocycles. The van der Waals surface area contributed by atoms with Crippen molar-refractivity contribution in [3.8, 4) is 0 Å². The lowest BCUT2D eigenvalue weighted by atomic mass is 10.0. The highest BCUT2D eigenvalue weighted by atomic mass is 16.3. The van der Waals surface area contributed by atoms with Crippen molar-refractivity contribution in [2.24, 2.45) is 5.92 Å². The Bertz CT molecular complexity index is 298. The molecule has 1 aliphatic carbocycles. The monoisotopic (exact) mass is 204 g/mol. The van der Waals surface area contributed by atoms with Gasteiger partial charge in [-0.3, -0.25) is 0 Å². The Morgan fingerprint density at radius 3 is 2.47 bits per heavy atom. The number of aliphatic hydroxyl groups is 1. The van der Waals surface area contributed by atoms with Gasteiger partial charge in [0.05, 0.1) is 6.10 Å². The van der Waals surface area contributed by atoms with Crippen LogP contribution in [0.5, 0.6) is 0 Å². The van der Waals surface area contributed by atoms with E-state index in [1.165, 1.54) is 31.2 Å². The normalized spacial score (nSPS) is 17.7. The minimum atomic E-state index is -0.217. The molecule has 1 atom stereocenters. The van der Waals surface area contributed by atoms with E-state index >= 15 is 0 Å². The number of unbranched alkanes of at least 4 members (excludes halogenated alkanes) is 1. The Morgan fingerprint density at radius 2 is 1.93 bits per heavy atom. The topological polar surface area (TPSA) is 20.2 Å². The molecular weight excluding hydrogens is 184 g/mol. The summed E-state index contributed by atoms with van der Waals surface area (Å²) in [6, 6.07) is 8.51. The summed E-state index contributed by atoms with van der Waals surface area (Å²) in [7, 11) is 0. The van der Waals surface area contributed by atoms with Crippen molar-refractivity contribution in [2.75, 3.05) is 0 Å². The van der Waals surface area contributed by atoms with Gasteiger partial charge in [-0.2, -0.15) is 0 Å². The van der Waals surface area contributed by atoms with Gasteiger partial charge in [-0.15, -0.1) is 0 Å². The molecule has 0 spiro atoms. The van der Waals surface area contributed by atoms with Gasteiger partial charge < -0.3 is 5.11 Å². The molecule has 0 amide bonds. The maximum atomic E-state index is 9.93. The lowest BCUT2D eigenvalue weighted by Gasteiger charge is -2.10. The van der Waals surface area contributed by atoms with Gasteiger partial charge in [0.15, 0.2) is 0 Å². The summed E-state index contributed by atoms with van der Waals surface area (Å²) >= 11 is 0. The van der Waals surface area contributed by atoms with Crippen molar-refractivity contribution >= 4 is 0 Å². The van der Waals surface area contributed by atoms with Crippen LogP contribution in [0, 0.1) is 5.92 Å². The molecule has 1 aromatic carbocycles. The first-order valence-corrected chi connectivity index (χ1v) is 6.08. The van der Waals surface area contributed by atoms with Crippen LogP contribution in [0.1, 0.15) is 49.8 Å². The van der Waals surface area contributed by atoms with Crippen molar-refractivity contribution < 1.29 is 5.11 Å². The van der Waals surface area contributed by atoms with Crippen LogP contribution in [0.3, 0.4) is 0 Å². The summed E-state index contributed by atoms with van der Waals surface area (Å²) < 4.78 is 0. The Labute approximate surface area is 92.1 Å². The van der Waals surface area contributed by atoms with Crippen LogP contribution in [-0.2, 0) is 6.42 Å². The Kier molecular flexibility index (Phi) is 3.42. The van der Waals surface area contributed by atoms with Gasteiger partial charge in [-0.05, 0) is 42.7 Å². The minimum absolute atomic E-state index is 0.217. The molecule has 1 N–H and O–H groups in total.